The predicted molar refractivity (Wildman–Crippen MR) is 338 cm³/mol. The SMILES string of the molecule is CC.CC(C)(C(F)(F)F)C(F)(F)F.CC(C)(C)C(F)(F)F.CC(C)C.CC(C)C(F)(F)F.CCC.CCC(C)C.CCC(C)C(F)(F)F.CCCC.CCCC(C)C.CCCCC.CCCCCC(F)(F)F.[2H]C(C)(C)C.[2H]C(C)(C)C(F)(F)F.[2H]C([2H])(C)CC. The summed E-state index contributed by atoms with van der Waals surface area (Å²) in [6, 6.07) is 0. The molecule has 0 aromatic rings. The van der Waals surface area contributed by atoms with Gasteiger partial charge in [0.15, 0.2) is 5.41 Å². The van der Waals surface area contributed by atoms with Crippen LogP contribution in [0.25, 0.3) is 0 Å². The molecule has 0 saturated carbocycles. The van der Waals surface area contributed by atoms with Crippen LogP contribution < -0.4 is 0 Å². The van der Waals surface area contributed by atoms with E-state index in [2.05, 4.69) is 104 Å². The molecule has 0 aliphatic heterocycles. The van der Waals surface area contributed by atoms with E-state index in [0.717, 1.165) is 72.6 Å². The minimum atomic E-state index is -5.24. The third kappa shape index (κ3) is 157. The second-order valence-corrected chi connectivity index (χ2v) is 23.5. The molecule has 1 unspecified atom stereocenters. The zero-order valence-electron chi connectivity index (χ0n) is 65.4. The highest BCUT2D eigenvalue weighted by atomic mass is 19.4. The molecular weight excluding hydrogens is 1190 g/mol. The zero-order valence-corrected chi connectivity index (χ0v) is 61.4. The Morgan fingerprint density at radius 1 is 0.356 bits per heavy atom. The fourth-order valence-electron chi connectivity index (χ4n) is 1.90. The highest BCUT2D eigenvalue weighted by Gasteiger charge is 2.64. The van der Waals surface area contributed by atoms with Crippen LogP contribution in [-0.4, -0.2) is 43.2 Å². The molecule has 0 aliphatic carbocycles. The fraction of sp³-hybridized carbons (Fsp3) is 1.00. The molecule has 0 N–H and O–H groups in total. The van der Waals surface area contributed by atoms with Crippen LogP contribution in [0.5, 0.6) is 0 Å². The van der Waals surface area contributed by atoms with Crippen molar-refractivity contribution in [2.45, 2.75) is 381 Å². The first kappa shape index (κ1) is 110. The average molecular weight is 1340 g/mol. The molecule has 0 aromatic heterocycles. The molecule has 87 heavy (non-hydrogen) atoms. The van der Waals surface area contributed by atoms with Gasteiger partial charge in [0.05, 0.1) is 11.3 Å². The van der Waals surface area contributed by atoms with Gasteiger partial charge in [-0.3, -0.25) is 0 Å². The average Bonchev–Trinajstić information content (AvgIpc) is 3.30. The zero-order chi connectivity index (χ0) is 78.5. The van der Waals surface area contributed by atoms with Gasteiger partial charge in [-0.1, -0.05) is 305 Å². The molecule has 21 heteroatoms. The molecule has 0 heterocycles. The van der Waals surface area contributed by atoms with E-state index in [1.54, 1.807) is 6.92 Å². The summed E-state index contributed by atoms with van der Waals surface area (Å²) in [7, 11) is 0. The Morgan fingerprint density at radius 3 is 0.621 bits per heavy atom. The number of alkyl halides is 21. The van der Waals surface area contributed by atoms with E-state index in [4.69, 9.17) is 5.48 Å². The Kier molecular flexibility index (Phi) is 93.1. The van der Waals surface area contributed by atoms with E-state index < -0.39 is 84.6 Å². The van der Waals surface area contributed by atoms with E-state index >= 15 is 0 Å². The van der Waals surface area contributed by atoms with Gasteiger partial charge in [-0.15, -0.1) is 0 Å². The molecule has 0 rings (SSSR count). The third-order valence-electron chi connectivity index (χ3n) is 8.97. The molecule has 0 bridgehead atoms. The molecule has 0 spiro atoms. The van der Waals surface area contributed by atoms with Gasteiger partial charge in [0.25, 0.3) is 0 Å². The second-order valence-electron chi connectivity index (χ2n) is 23.5. The van der Waals surface area contributed by atoms with E-state index in [1.165, 1.54) is 71.6 Å². The minimum Gasteiger partial charge on any atom is -0.171 e. The van der Waals surface area contributed by atoms with Crippen molar-refractivity contribution >= 4 is 0 Å². The van der Waals surface area contributed by atoms with Gasteiger partial charge < -0.3 is 0 Å². The number of halogens is 21. The quantitative estimate of drug-likeness (QED) is 0.143. The Morgan fingerprint density at radius 2 is 0.586 bits per heavy atom. The highest BCUT2D eigenvalue weighted by molar-refractivity contribution is 4.84. The molecule has 0 saturated heterocycles. The Bertz CT molecular complexity index is 1260. The summed E-state index contributed by atoms with van der Waals surface area (Å²) in [6.45, 7) is 58.0. The summed E-state index contributed by atoms with van der Waals surface area (Å²) < 4.78 is 268. The van der Waals surface area contributed by atoms with Crippen LogP contribution in [0.2, 0.25) is 0 Å². The summed E-state index contributed by atoms with van der Waals surface area (Å²) in [5.41, 5.74) is -5.19. The van der Waals surface area contributed by atoms with Crippen molar-refractivity contribution in [2.75, 3.05) is 0 Å². The van der Waals surface area contributed by atoms with Crippen LogP contribution in [0.15, 0.2) is 0 Å². The van der Waals surface area contributed by atoms with E-state index in [-0.39, 0.29) is 32.6 Å². The lowest BCUT2D eigenvalue weighted by Gasteiger charge is -2.29. The molecule has 0 aromatic carbocycles. The second kappa shape index (κ2) is 73.6. The van der Waals surface area contributed by atoms with Crippen LogP contribution in [0.1, 0.15) is 344 Å². The number of rotatable bonds is 11. The topological polar surface area (TPSA) is 0 Å². The lowest BCUT2D eigenvalue weighted by molar-refractivity contribution is -0.327. The lowest BCUT2D eigenvalue weighted by Crippen LogP contribution is -2.44. The van der Waals surface area contributed by atoms with Crippen LogP contribution in [0.4, 0.5) is 92.2 Å². The van der Waals surface area contributed by atoms with Gasteiger partial charge in [0.1, 0.15) is 0 Å². The van der Waals surface area contributed by atoms with E-state index in [1.807, 2.05) is 48.5 Å². The standard InChI is InChI=1S/C6H11F3.C6H14.C5H6F6.2C5H9F3.2C5H12.2C4H7F3.4C4H10.C3H8.C2H6/c1-2-3-4-5-6(7,8)9;1-4-5-6(2)3;1-3(2,4(6,7)8)5(9,10)11;1-4(2,3)5(6,7)8;1-3-4(2)5(6,7)8;1-4-5(2)3;1-3-5-4-2;2*1-3(2)4(5,6)7;2*1-4(2)3;2*1-3-4-2;1-3-2;1-2/h2-5H2,1H3;6H,4-5H2,1-3H3;1-2H3;1-3H3;4H,3H2,1-2H3;5H,4H2,1-3H3;3-5H2,1-2H3;2*3H,1-2H3;2*4H,1-3H3;2*3-4H2,1-2H3;3H2,1-2H3;1-2H3/i;;;;;;;3D;;4D;;3D2;;;. The Balaban J connectivity index is -0.0000000530. The van der Waals surface area contributed by atoms with E-state index in [9.17, 15) is 92.2 Å². The van der Waals surface area contributed by atoms with Crippen molar-refractivity contribution < 1.29 is 97.7 Å². The molecular formula is C66H141F21. The maximum absolute atomic E-state index is 11.6. The number of hydrogen-bond donors (Lipinski definition) is 0. The maximum Gasteiger partial charge on any atom is 0.402 e. The lowest BCUT2D eigenvalue weighted by atomic mass is 9.92. The van der Waals surface area contributed by atoms with Gasteiger partial charge >= 0.3 is 43.2 Å². The first-order valence-electron chi connectivity index (χ1n) is 33.0. The van der Waals surface area contributed by atoms with Crippen LogP contribution in [0.3, 0.4) is 0 Å². The van der Waals surface area contributed by atoms with Crippen LogP contribution in [-0.2, 0) is 0 Å². The first-order chi connectivity index (χ1) is 39.6. The largest absolute Gasteiger partial charge is 0.402 e. The fourth-order valence-corrected chi connectivity index (χ4v) is 1.90. The predicted octanol–water partition coefficient (Wildman–Crippen LogP) is 31.9. The van der Waals surface area contributed by atoms with Crippen molar-refractivity contribution in [3.8, 4) is 0 Å². The summed E-state index contributed by atoms with van der Waals surface area (Å²) >= 11 is 0. The molecule has 0 radical (unpaired) electrons. The maximum atomic E-state index is 11.6. The summed E-state index contributed by atoms with van der Waals surface area (Å²) in [6.07, 6.45) is -17.9. The summed E-state index contributed by atoms with van der Waals surface area (Å²) in [5.74, 6) is -2.30. The molecule has 0 fully saturated rings. The van der Waals surface area contributed by atoms with Gasteiger partial charge in [-0.05, 0) is 50.3 Å². The smallest absolute Gasteiger partial charge is 0.171 e. The van der Waals surface area contributed by atoms with Crippen LogP contribution in [0, 0.1) is 52.2 Å². The van der Waals surface area contributed by atoms with E-state index in [0.29, 0.717) is 12.8 Å². The molecule has 1 atom stereocenters. The highest BCUT2D eigenvalue weighted by Crippen LogP contribution is 2.49. The van der Waals surface area contributed by atoms with Gasteiger partial charge in [-0.25, -0.2) is 0 Å². The summed E-state index contributed by atoms with van der Waals surface area (Å²) in [4.78, 5) is 0. The monoisotopic (exact) mass is 1340 g/mol. The third-order valence-corrected chi connectivity index (χ3v) is 8.97. The first-order valence-corrected chi connectivity index (χ1v) is 31.0. The van der Waals surface area contributed by atoms with Crippen LogP contribution >= 0.6 is 0 Å². The normalized spacial score (nSPS) is 12.6. The van der Waals surface area contributed by atoms with Crippen molar-refractivity contribution in [2.24, 2.45) is 52.2 Å². The molecule has 0 aliphatic rings. The minimum absolute atomic E-state index is 0.104. The molecule has 0 nitrogen and oxygen atoms in total. The number of unbranched alkanes of at least 4 members (excludes halogenated alkanes) is 5. The van der Waals surface area contributed by atoms with Crippen molar-refractivity contribution in [1.29, 1.82) is 0 Å². The Hall–Kier alpha value is -1.47. The van der Waals surface area contributed by atoms with Crippen molar-refractivity contribution in [1.82, 2.24) is 0 Å². The van der Waals surface area contributed by atoms with Crippen molar-refractivity contribution in [3.63, 3.8) is 0 Å². The Labute approximate surface area is 530 Å². The van der Waals surface area contributed by atoms with Gasteiger partial charge in [0.2, 0.25) is 0 Å². The number of hydrogen-bond acceptors (Lipinski definition) is 0. The van der Waals surface area contributed by atoms with Gasteiger partial charge in [0, 0.05) is 23.7 Å². The molecule has 0 amide bonds. The van der Waals surface area contributed by atoms with Crippen molar-refractivity contribution in [3.05, 3.63) is 0 Å². The summed E-state index contributed by atoms with van der Waals surface area (Å²) in [5, 5.41) is 0. The van der Waals surface area contributed by atoms with Gasteiger partial charge in [-0.2, -0.15) is 92.2 Å². The molecule has 552 valence electrons.